The molecule has 0 spiro atoms. The van der Waals surface area contributed by atoms with E-state index >= 15 is 0 Å². The van der Waals surface area contributed by atoms with Crippen molar-refractivity contribution < 1.29 is 4.79 Å². The lowest BCUT2D eigenvalue weighted by molar-refractivity contribution is -0.122. The van der Waals surface area contributed by atoms with Gasteiger partial charge in [-0.05, 0) is 26.0 Å². The molecule has 0 radical (unpaired) electrons. The van der Waals surface area contributed by atoms with Gasteiger partial charge in [-0.3, -0.25) is 4.79 Å². The van der Waals surface area contributed by atoms with Gasteiger partial charge in [0, 0.05) is 24.0 Å². The summed E-state index contributed by atoms with van der Waals surface area (Å²) in [6, 6.07) is 13.9. The first-order chi connectivity index (χ1) is 15.1. The molecule has 4 aromatic rings. The standard InChI is InChI=1S/C23H21N5OS2/c1-14-23(31-15(2)24-14)19-13-30-22(25-19)10-20(29)17-11-28(12-17)21-9-8-18(26-27-21)16-6-4-3-5-7-16/h3-9,13,17H,10-12H2,1-2H3. The number of carbonyl (C=O) groups excluding carboxylic acids is 1. The number of carbonyl (C=O) groups is 1. The number of rotatable bonds is 6. The molecule has 31 heavy (non-hydrogen) atoms. The highest BCUT2D eigenvalue weighted by Gasteiger charge is 2.33. The zero-order valence-corrected chi connectivity index (χ0v) is 18.9. The third kappa shape index (κ3) is 4.13. The predicted octanol–water partition coefficient (Wildman–Crippen LogP) is 4.59. The zero-order valence-electron chi connectivity index (χ0n) is 17.3. The van der Waals surface area contributed by atoms with Crippen LogP contribution in [0.25, 0.3) is 21.8 Å². The molecular formula is C23H21N5OS2. The van der Waals surface area contributed by atoms with Gasteiger partial charge in [0.2, 0.25) is 0 Å². The third-order valence-corrected chi connectivity index (χ3v) is 7.34. The van der Waals surface area contributed by atoms with Gasteiger partial charge < -0.3 is 4.90 Å². The van der Waals surface area contributed by atoms with Crippen molar-refractivity contribution in [3.63, 3.8) is 0 Å². The van der Waals surface area contributed by atoms with Crippen LogP contribution in [-0.2, 0) is 11.2 Å². The summed E-state index contributed by atoms with van der Waals surface area (Å²) in [6.45, 7) is 5.37. The molecule has 0 N–H and O–H groups in total. The maximum absolute atomic E-state index is 12.7. The van der Waals surface area contributed by atoms with E-state index in [2.05, 4.69) is 25.1 Å². The van der Waals surface area contributed by atoms with Crippen molar-refractivity contribution in [1.82, 2.24) is 20.2 Å². The maximum atomic E-state index is 12.7. The Kier molecular flexibility index (Phi) is 5.33. The number of ketones is 1. The monoisotopic (exact) mass is 447 g/mol. The molecule has 6 nitrogen and oxygen atoms in total. The van der Waals surface area contributed by atoms with Gasteiger partial charge in [0.15, 0.2) is 5.82 Å². The smallest absolute Gasteiger partial charge is 0.151 e. The minimum atomic E-state index is 0.0235. The maximum Gasteiger partial charge on any atom is 0.151 e. The molecule has 3 aromatic heterocycles. The first-order valence-electron chi connectivity index (χ1n) is 10.1. The number of nitrogens with zero attached hydrogens (tertiary/aromatic N) is 5. The van der Waals surface area contributed by atoms with Crippen LogP contribution in [0.1, 0.15) is 15.7 Å². The van der Waals surface area contributed by atoms with Gasteiger partial charge in [0.05, 0.1) is 39.3 Å². The normalized spacial score (nSPS) is 13.9. The Hall–Kier alpha value is -2.97. The van der Waals surface area contributed by atoms with Crippen LogP contribution >= 0.6 is 22.7 Å². The minimum Gasteiger partial charge on any atom is -0.354 e. The Morgan fingerprint density at radius 3 is 2.52 bits per heavy atom. The summed E-state index contributed by atoms with van der Waals surface area (Å²) >= 11 is 3.20. The molecule has 0 bridgehead atoms. The number of hydrogen-bond donors (Lipinski definition) is 0. The minimum absolute atomic E-state index is 0.0235. The average Bonchev–Trinajstić information content (AvgIpc) is 3.33. The van der Waals surface area contributed by atoms with E-state index in [0.29, 0.717) is 19.5 Å². The molecule has 1 saturated heterocycles. The lowest BCUT2D eigenvalue weighted by Crippen LogP contribution is -2.51. The Labute approximate surface area is 188 Å². The molecule has 5 rings (SSSR count). The lowest BCUT2D eigenvalue weighted by Gasteiger charge is -2.38. The van der Waals surface area contributed by atoms with Gasteiger partial charge in [-0.1, -0.05) is 30.3 Å². The summed E-state index contributed by atoms with van der Waals surface area (Å²) in [5, 5.41) is 12.6. The number of thiazole rings is 2. The number of anilines is 1. The summed E-state index contributed by atoms with van der Waals surface area (Å²) in [5.41, 5.74) is 3.83. The molecule has 8 heteroatoms. The van der Waals surface area contributed by atoms with Crippen LogP contribution in [0.5, 0.6) is 0 Å². The van der Waals surface area contributed by atoms with Crippen LogP contribution in [0.4, 0.5) is 5.82 Å². The topological polar surface area (TPSA) is 71.9 Å². The Morgan fingerprint density at radius 1 is 1.03 bits per heavy atom. The molecule has 0 saturated carbocycles. The molecule has 0 atom stereocenters. The van der Waals surface area contributed by atoms with Gasteiger partial charge in [-0.25, -0.2) is 9.97 Å². The summed E-state index contributed by atoms with van der Waals surface area (Å²) in [5.74, 6) is 1.08. The fourth-order valence-electron chi connectivity index (χ4n) is 3.68. The molecule has 0 unspecified atom stereocenters. The summed E-state index contributed by atoms with van der Waals surface area (Å²) in [4.78, 5) is 25.1. The number of aromatic nitrogens is 4. The van der Waals surface area contributed by atoms with E-state index in [1.165, 1.54) is 0 Å². The van der Waals surface area contributed by atoms with Crippen molar-refractivity contribution in [2.75, 3.05) is 18.0 Å². The van der Waals surface area contributed by atoms with E-state index < -0.39 is 0 Å². The largest absolute Gasteiger partial charge is 0.354 e. The van der Waals surface area contributed by atoms with Gasteiger partial charge in [-0.2, -0.15) is 0 Å². The predicted molar refractivity (Wildman–Crippen MR) is 125 cm³/mol. The fraction of sp³-hybridized carbons (Fsp3) is 0.261. The van der Waals surface area contributed by atoms with E-state index in [1.54, 1.807) is 22.7 Å². The third-order valence-electron chi connectivity index (χ3n) is 5.39. The number of Topliss-reactive ketones (excluding diaryl/α,β-unsaturated/α-hetero) is 1. The molecule has 1 fully saturated rings. The SMILES string of the molecule is Cc1nc(C)c(-c2csc(CC(=O)C3CN(c4ccc(-c5ccccc5)nn4)C3)n2)s1. The first kappa shape index (κ1) is 20.0. The molecule has 0 amide bonds. The van der Waals surface area contributed by atoms with Gasteiger partial charge in [0.1, 0.15) is 10.8 Å². The van der Waals surface area contributed by atoms with E-state index in [-0.39, 0.29) is 11.7 Å². The molecule has 1 aliphatic heterocycles. The molecule has 1 aliphatic rings. The van der Waals surface area contributed by atoms with E-state index in [1.807, 2.05) is 61.7 Å². The highest BCUT2D eigenvalue weighted by molar-refractivity contribution is 7.16. The van der Waals surface area contributed by atoms with Crippen LogP contribution in [-0.4, -0.2) is 39.0 Å². The van der Waals surface area contributed by atoms with Crippen LogP contribution < -0.4 is 4.90 Å². The highest BCUT2D eigenvalue weighted by Crippen LogP contribution is 2.31. The molecule has 1 aromatic carbocycles. The lowest BCUT2D eigenvalue weighted by atomic mass is 9.93. The molecule has 4 heterocycles. The average molecular weight is 448 g/mol. The summed E-state index contributed by atoms with van der Waals surface area (Å²) in [7, 11) is 0. The molecule has 0 aliphatic carbocycles. The first-order valence-corrected chi connectivity index (χ1v) is 11.8. The van der Waals surface area contributed by atoms with E-state index in [0.717, 1.165) is 43.4 Å². The van der Waals surface area contributed by atoms with Gasteiger partial charge >= 0.3 is 0 Å². The van der Waals surface area contributed by atoms with Crippen molar-refractivity contribution in [3.05, 3.63) is 63.6 Å². The quantitative estimate of drug-likeness (QED) is 0.431. The van der Waals surface area contributed by atoms with Crippen LogP contribution in [0.3, 0.4) is 0 Å². The fourth-order valence-corrected chi connectivity index (χ4v) is 5.43. The number of aryl methyl sites for hydroxylation is 2. The van der Waals surface area contributed by atoms with Crippen LogP contribution in [0.15, 0.2) is 47.8 Å². The molecular weight excluding hydrogens is 426 g/mol. The Bertz CT molecular complexity index is 1210. The van der Waals surface area contributed by atoms with Crippen molar-refractivity contribution in [1.29, 1.82) is 0 Å². The van der Waals surface area contributed by atoms with Crippen molar-refractivity contribution in [2.24, 2.45) is 5.92 Å². The Morgan fingerprint density at radius 2 is 1.84 bits per heavy atom. The van der Waals surface area contributed by atoms with E-state index in [4.69, 9.17) is 0 Å². The van der Waals surface area contributed by atoms with Crippen LogP contribution in [0.2, 0.25) is 0 Å². The van der Waals surface area contributed by atoms with E-state index in [9.17, 15) is 4.79 Å². The van der Waals surface area contributed by atoms with Gasteiger partial charge in [-0.15, -0.1) is 32.9 Å². The summed E-state index contributed by atoms with van der Waals surface area (Å²) in [6.07, 6.45) is 0.388. The van der Waals surface area contributed by atoms with Crippen molar-refractivity contribution in [3.8, 4) is 21.8 Å². The highest BCUT2D eigenvalue weighted by atomic mass is 32.1. The second kappa shape index (κ2) is 8.28. The summed E-state index contributed by atoms with van der Waals surface area (Å²) < 4.78 is 0. The molecule has 156 valence electrons. The number of benzene rings is 1. The zero-order chi connectivity index (χ0) is 21.4. The van der Waals surface area contributed by atoms with Gasteiger partial charge in [0.25, 0.3) is 0 Å². The second-order valence-electron chi connectivity index (χ2n) is 7.66. The second-order valence-corrected chi connectivity index (χ2v) is 9.81. The van der Waals surface area contributed by atoms with Crippen molar-refractivity contribution >= 4 is 34.3 Å². The van der Waals surface area contributed by atoms with Crippen LogP contribution in [0, 0.1) is 19.8 Å². The van der Waals surface area contributed by atoms with Crippen molar-refractivity contribution in [2.45, 2.75) is 20.3 Å². The Balaban J connectivity index is 1.18. The number of hydrogen-bond acceptors (Lipinski definition) is 8.